The molecule has 0 aliphatic carbocycles. The summed E-state index contributed by atoms with van der Waals surface area (Å²) in [5.74, 6) is -0.435. The summed E-state index contributed by atoms with van der Waals surface area (Å²) in [7, 11) is 0. The highest BCUT2D eigenvalue weighted by molar-refractivity contribution is 7.71. The van der Waals surface area contributed by atoms with Gasteiger partial charge in [0.15, 0.2) is 4.77 Å². The molecule has 0 unspecified atom stereocenters. The van der Waals surface area contributed by atoms with Crippen molar-refractivity contribution in [3.63, 3.8) is 0 Å². The number of carbonyl (C=O) groups excluding carboxylic acids is 1. The van der Waals surface area contributed by atoms with Crippen molar-refractivity contribution >= 4 is 24.0 Å². The molecule has 94 valence electrons. The number of nitrogens with zero attached hydrogens (tertiary/aromatic N) is 1. The number of esters is 1. The van der Waals surface area contributed by atoms with Crippen LogP contribution in [0.25, 0.3) is 0 Å². The number of rotatable bonds is 5. The molecule has 0 saturated carbocycles. The number of hydrogen-bond donors (Lipinski definition) is 3. The predicted molar refractivity (Wildman–Crippen MR) is 64.4 cm³/mol. The molecule has 0 bridgehead atoms. The third kappa shape index (κ3) is 3.99. The van der Waals surface area contributed by atoms with E-state index in [2.05, 4.69) is 32.7 Å². The van der Waals surface area contributed by atoms with Crippen LogP contribution in [-0.4, -0.2) is 33.8 Å². The number of aromatic amines is 2. The number of ether oxygens (including phenoxy) is 1. The van der Waals surface area contributed by atoms with Crippen molar-refractivity contribution in [2.24, 2.45) is 0 Å². The minimum atomic E-state index is -0.653. The number of nitrogens with one attached hydrogen (secondary N) is 3. The van der Waals surface area contributed by atoms with Crippen molar-refractivity contribution < 1.29 is 9.53 Å². The van der Waals surface area contributed by atoms with Gasteiger partial charge >= 0.3 is 5.97 Å². The van der Waals surface area contributed by atoms with Crippen LogP contribution in [0.15, 0.2) is 4.79 Å². The van der Waals surface area contributed by atoms with Gasteiger partial charge in [0.25, 0.3) is 5.56 Å². The van der Waals surface area contributed by atoms with E-state index in [0.717, 1.165) is 6.42 Å². The van der Waals surface area contributed by atoms with Gasteiger partial charge < -0.3 is 10.1 Å². The maximum absolute atomic E-state index is 11.4. The molecular weight excluding hydrogens is 244 g/mol. The first-order valence-corrected chi connectivity index (χ1v) is 5.57. The molecule has 0 fully saturated rings. The van der Waals surface area contributed by atoms with E-state index < -0.39 is 17.6 Å². The van der Waals surface area contributed by atoms with Crippen LogP contribution in [0.1, 0.15) is 20.3 Å². The van der Waals surface area contributed by atoms with Gasteiger partial charge in [0.1, 0.15) is 6.04 Å². The zero-order chi connectivity index (χ0) is 12.8. The van der Waals surface area contributed by atoms with Crippen molar-refractivity contribution in [2.45, 2.75) is 26.3 Å². The highest BCUT2D eigenvalue weighted by Crippen LogP contribution is 1.97. The van der Waals surface area contributed by atoms with Gasteiger partial charge in [-0.2, -0.15) is 0 Å². The number of aromatic nitrogens is 3. The van der Waals surface area contributed by atoms with E-state index in [1.165, 1.54) is 0 Å². The van der Waals surface area contributed by atoms with E-state index in [0.29, 0.717) is 6.61 Å². The monoisotopic (exact) mass is 258 g/mol. The van der Waals surface area contributed by atoms with Crippen molar-refractivity contribution in [3.05, 3.63) is 15.1 Å². The van der Waals surface area contributed by atoms with Gasteiger partial charge in [0, 0.05) is 0 Å². The number of anilines is 1. The number of hydrogen-bond acceptors (Lipinski definition) is 6. The SMILES string of the molecule is CCCOC(=O)[C@H](C)Nc1n[nH]c(=S)[nH]c1=O. The Morgan fingerprint density at radius 1 is 1.65 bits per heavy atom. The number of H-pyrrole nitrogens is 2. The molecule has 1 aromatic rings. The lowest BCUT2D eigenvalue weighted by Gasteiger charge is -2.12. The molecule has 8 heteroatoms. The van der Waals surface area contributed by atoms with E-state index >= 15 is 0 Å². The first-order valence-electron chi connectivity index (χ1n) is 5.16. The van der Waals surface area contributed by atoms with E-state index in [4.69, 9.17) is 4.74 Å². The second-order valence-corrected chi connectivity index (χ2v) is 3.80. The lowest BCUT2D eigenvalue weighted by molar-refractivity contribution is -0.144. The molecule has 0 aliphatic rings. The Balaban J connectivity index is 2.67. The molecule has 1 aromatic heterocycles. The first kappa shape index (κ1) is 13.4. The second kappa shape index (κ2) is 6.14. The van der Waals surface area contributed by atoms with Crippen LogP contribution in [0.5, 0.6) is 0 Å². The van der Waals surface area contributed by atoms with Crippen molar-refractivity contribution in [2.75, 3.05) is 11.9 Å². The highest BCUT2D eigenvalue weighted by Gasteiger charge is 2.15. The molecule has 0 aromatic carbocycles. The maximum atomic E-state index is 11.4. The van der Waals surface area contributed by atoms with Gasteiger partial charge in [-0.1, -0.05) is 6.92 Å². The Hall–Kier alpha value is -1.70. The topological polar surface area (TPSA) is 99.9 Å². The Morgan fingerprint density at radius 2 is 2.35 bits per heavy atom. The average molecular weight is 258 g/mol. The molecule has 1 atom stereocenters. The minimum Gasteiger partial charge on any atom is -0.464 e. The minimum absolute atomic E-state index is 0.000418. The molecule has 0 saturated heterocycles. The maximum Gasteiger partial charge on any atom is 0.328 e. The smallest absolute Gasteiger partial charge is 0.328 e. The second-order valence-electron chi connectivity index (χ2n) is 3.39. The Bertz CT molecular complexity index is 496. The van der Waals surface area contributed by atoms with E-state index in [9.17, 15) is 9.59 Å². The summed E-state index contributed by atoms with van der Waals surface area (Å²) >= 11 is 4.69. The van der Waals surface area contributed by atoms with Crippen LogP contribution in [0.3, 0.4) is 0 Å². The largest absolute Gasteiger partial charge is 0.464 e. The fraction of sp³-hybridized carbons (Fsp3) is 0.556. The lowest BCUT2D eigenvalue weighted by atomic mass is 10.3. The molecule has 1 rings (SSSR count). The quantitative estimate of drug-likeness (QED) is 0.527. The molecule has 0 aliphatic heterocycles. The normalized spacial score (nSPS) is 11.9. The molecule has 0 spiro atoms. The van der Waals surface area contributed by atoms with Gasteiger partial charge in [-0.3, -0.25) is 14.9 Å². The average Bonchev–Trinajstić information content (AvgIpc) is 2.29. The van der Waals surface area contributed by atoms with E-state index in [1.807, 2.05) is 6.92 Å². The van der Waals surface area contributed by atoms with E-state index in [1.54, 1.807) is 6.92 Å². The summed E-state index contributed by atoms with van der Waals surface area (Å²) in [6.45, 7) is 3.83. The summed E-state index contributed by atoms with van der Waals surface area (Å²) in [6.07, 6.45) is 0.746. The van der Waals surface area contributed by atoms with Crippen LogP contribution >= 0.6 is 12.2 Å². The van der Waals surface area contributed by atoms with Gasteiger partial charge in [-0.25, -0.2) is 4.79 Å². The van der Waals surface area contributed by atoms with Crippen LogP contribution < -0.4 is 10.9 Å². The fourth-order valence-electron chi connectivity index (χ4n) is 1.04. The highest BCUT2D eigenvalue weighted by atomic mass is 32.1. The third-order valence-electron chi connectivity index (χ3n) is 1.87. The van der Waals surface area contributed by atoms with Gasteiger partial charge in [0.2, 0.25) is 5.82 Å². The zero-order valence-electron chi connectivity index (χ0n) is 9.57. The van der Waals surface area contributed by atoms with Crippen molar-refractivity contribution in [1.29, 1.82) is 0 Å². The lowest BCUT2D eigenvalue weighted by Crippen LogP contribution is -2.32. The summed E-state index contributed by atoms with van der Waals surface area (Å²) in [5.41, 5.74) is -0.483. The fourth-order valence-corrected chi connectivity index (χ4v) is 1.18. The van der Waals surface area contributed by atoms with Gasteiger partial charge in [-0.05, 0) is 25.6 Å². The summed E-state index contributed by atoms with van der Waals surface area (Å²) in [5, 5.41) is 8.75. The summed E-state index contributed by atoms with van der Waals surface area (Å²) in [4.78, 5) is 25.2. The standard InChI is InChI=1S/C9H14N4O3S/c1-3-4-16-8(15)5(2)10-6-7(14)11-9(17)13-12-6/h5H,3-4H2,1-2H3,(H,10,12)(H2,11,13,14,17)/t5-/m0/s1. The third-order valence-corrected chi connectivity index (χ3v) is 2.06. The van der Waals surface area contributed by atoms with Crippen LogP contribution in [0.4, 0.5) is 5.82 Å². The molecule has 1 heterocycles. The zero-order valence-corrected chi connectivity index (χ0v) is 10.4. The molecule has 0 radical (unpaired) electrons. The van der Waals surface area contributed by atoms with Crippen LogP contribution in [0, 0.1) is 4.77 Å². The van der Waals surface area contributed by atoms with E-state index in [-0.39, 0.29) is 10.6 Å². The van der Waals surface area contributed by atoms with Crippen molar-refractivity contribution in [3.8, 4) is 0 Å². The number of carbonyl (C=O) groups is 1. The molecule has 17 heavy (non-hydrogen) atoms. The molecule has 0 amide bonds. The van der Waals surface area contributed by atoms with Crippen LogP contribution in [0.2, 0.25) is 0 Å². The first-order chi connectivity index (χ1) is 8.04. The Kier molecular flexibility index (Phi) is 4.83. The molecular formula is C9H14N4O3S. The Labute approximate surface area is 103 Å². The van der Waals surface area contributed by atoms with Gasteiger partial charge in [-0.15, -0.1) is 5.10 Å². The van der Waals surface area contributed by atoms with Gasteiger partial charge in [0.05, 0.1) is 6.61 Å². The van der Waals surface area contributed by atoms with Crippen LogP contribution in [-0.2, 0) is 9.53 Å². The molecule has 3 N–H and O–H groups in total. The van der Waals surface area contributed by atoms with Crippen molar-refractivity contribution in [1.82, 2.24) is 15.2 Å². The molecule has 7 nitrogen and oxygen atoms in total. The Morgan fingerprint density at radius 3 is 2.94 bits per heavy atom. The summed E-state index contributed by atoms with van der Waals surface area (Å²) < 4.78 is 5.04. The summed E-state index contributed by atoms with van der Waals surface area (Å²) in [6, 6.07) is -0.653. The predicted octanol–water partition coefficient (Wildman–Crippen LogP) is 0.581.